The maximum absolute atomic E-state index is 10.2. The molecule has 0 aliphatic carbocycles. The molecule has 0 heterocycles. The third kappa shape index (κ3) is 2.72. The number of aliphatic carboxylic acids is 1. The molecule has 0 bridgehead atoms. The van der Waals surface area contributed by atoms with Crippen LogP contribution in [0.1, 0.15) is 13.8 Å². The quantitative estimate of drug-likeness (QED) is 0.314. The Balaban J connectivity index is 4.58. The van der Waals surface area contributed by atoms with Gasteiger partial charge in [-0.05, 0) is 13.8 Å². The Morgan fingerprint density at radius 1 is 1.73 bits per heavy atom. The molecule has 0 fully saturated rings. The molecule has 11 heavy (non-hydrogen) atoms. The number of carboxylic acid groups (broad SMARTS) is 1. The summed E-state index contributed by atoms with van der Waals surface area (Å²) >= 11 is 0. The van der Waals surface area contributed by atoms with Crippen LogP contribution in [-0.2, 0) is 9.53 Å². The first kappa shape index (κ1) is 9.50. The fraction of sp³-hybridized carbons (Fsp3) is 0.429. The third-order valence-electron chi connectivity index (χ3n) is 1.03. The molecule has 0 aliphatic heterocycles. The number of rotatable bonds is 3. The second-order valence-corrected chi connectivity index (χ2v) is 1.76. The summed E-state index contributed by atoms with van der Waals surface area (Å²) < 4.78 is 4.79. The Morgan fingerprint density at radius 2 is 2.27 bits per heavy atom. The van der Waals surface area contributed by atoms with E-state index in [1.54, 1.807) is 6.92 Å². The van der Waals surface area contributed by atoms with E-state index in [0.29, 0.717) is 6.61 Å². The number of carboxylic acids is 1. The molecule has 0 N–H and O–H groups in total. The van der Waals surface area contributed by atoms with Crippen LogP contribution in [0.2, 0.25) is 0 Å². The smallest absolute Gasteiger partial charge is 0.112 e. The lowest BCUT2D eigenvalue weighted by Gasteiger charge is -2.05. The Bertz CT molecular complexity index is 224. The summed E-state index contributed by atoms with van der Waals surface area (Å²) in [6, 6.07) is 1.48. The fourth-order valence-electron chi connectivity index (χ4n) is 0.557. The van der Waals surface area contributed by atoms with Crippen molar-refractivity contribution in [2.45, 2.75) is 13.8 Å². The van der Waals surface area contributed by atoms with Gasteiger partial charge in [0.25, 0.3) is 0 Å². The van der Waals surface area contributed by atoms with Gasteiger partial charge >= 0.3 is 0 Å². The second kappa shape index (κ2) is 4.34. The molecular formula is C7H8NO3-. The summed E-state index contributed by atoms with van der Waals surface area (Å²) in [6.07, 6.45) is 0. The van der Waals surface area contributed by atoms with Gasteiger partial charge in [0.1, 0.15) is 17.4 Å². The standard InChI is InChI=1S/C7H9NO3/c1-3-11-5(2)6(4-8)7(9)10/h3H2,1-2H3,(H,9,10)/p-1/b6-5+. The molecule has 0 aliphatic rings. The molecule has 4 nitrogen and oxygen atoms in total. The van der Waals surface area contributed by atoms with Gasteiger partial charge < -0.3 is 14.6 Å². The van der Waals surface area contributed by atoms with E-state index in [1.165, 1.54) is 13.0 Å². The normalized spacial score (nSPS) is 11.4. The average molecular weight is 154 g/mol. The van der Waals surface area contributed by atoms with Crippen molar-refractivity contribution in [1.82, 2.24) is 0 Å². The van der Waals surface area contributed by atoms with Crippen molar-refractivity contribution < 1.29 is 14.6 Å². The molecule has 0 amide bonds. The highest BCUT2D eigenvalue weighted by atomic mass is 16.5. The van der Waals surface area contributed by atoms with Crippen molar-refractivity contribution in [3.8, 4) is 6.07 Å². The van der Waals surface area contributed by atoms with E-state index in [2.05, 4.69) is 0 Å². The van der Waals surface area contributed by atoms with Gasteiger partial charge in [-0.3, -0.25) is 0 Å². The van der Waals surface area contributed by atoms with Crippen LogP contribution in [-0.4, -0.2) is 12.6 Å². The van der Waals surface area contributed by atoms with Gasteiger partial charge in [-0.15, -0.1) is 0 Å². The minimum atomic E-state index is -1.50. The Labute approximate surface area is 64.7 Å². The molecule has 0 atom stereocenters. The lowest BCUT2D eigenvalue weighted by atomic mass is 10.2. The van der Waals surface area contributed by atoms with Gasteiger partial charge in [0.05, 0.1) is 12.6 Å². The number of carbonyl (C=O) groups excluding carboxylic acids is 1. The van der Waals surface area contributed by atoms with Gasteiger partial charge in [0, 0.05) is 0 Å². The average Bonchev–Trinajstić information content (AvgIpc) is 1.88. The number of nitriles is 1. The van der Waals surface area contributed by atoms with Crippen LogP contribution < -0.4 is 5.11 Å². The lowest BCUT2D eigenvalue weighted by Crippen LogP contribution is -2.25. The maximum Gasteiger partial charge on any atom is 0.112 e. The molecule has 60 valence electrons. The monoisotopic (exact) mass is 154 g/mol. The summed E-state index contributed by atoms with van der Waals surface area (Å²) in [5.41, 5.74) is -0.452. The van der Waals surface area contributed by atoms with Crippen molar-refractivity contribution in [3.05, 3.63) is 11.3 Å². The molecule has 0 aromatic rings. The maximum atomic E-state index is 10.2. The van der Waals surface area contributed by atoms with Crippen molar-refractivity contribution in [2.24, 2.45) is 0 Å². The van der Waals surface area contributed by atoms with Crippen molar-refractivity contribution in [2.75, 3.05) is 6.61 Å². The number of hydrogen-bond acceptors (Lipinski definition) is 4. The van der Waals surface area contributed by atoms with E-state index in [0.717, 1.165) is 0 Å². The first-order valence-corrected chi connectivity index (χ1v) is 3.08. The highest BCUT2D eigenvalue weighted by Gasteiger charge is 2.02. The van der Waals surface area contributed by atoms with Crippen molar-refractivity contribution in [1.29, 1.82) is 5.26 Å². The van der Waals surface area contributed by atoms with Gasteiger partial charge in [-0.2, -0.15) is 5.26 Å². The lowest BCUT2D eigenvalue weighted by molar-refractivity contribution is -0.298. The number of allylic oxidation sites excluding steroid dienone is 1. The number of ether oxygens (including phenoxy) is 1. The van der Waals surface area contributed by atoms with E-state index >= 15 is 0 Å². The summed E-state index contributed by atoms with van der Waals surface area (Å²) in [6.45, 7) is 3.45. The van der Waals surface area contributed by atoms with Crippen LogP contribution >= 0.6 is 0 Å². The highest BCUT2D eigenvalue weighted by molar-refractivity contribution is 5.89. The topological polar surface area (TPSA) is 73.1 Å². The summed E-state index contributed by atoms with van der Waals surface area (Å²) in [4.78, 5) is 10.2. The Morgan fingerprint density at radius 3 is 2.55 bits per heavy atom. The molecule has 0 rings (SSSR count). The van der Waals surface area contributed by atoms with Crippen LogP contribution in [0.5, 0.6) is 0 Å². The first-order chi connectivity index (χ1) is 5.13. The second-order valence-electron chi connectivity index (χ2n) is 1.76. The van der Waals surface area contributed by atoms with Crippen LogP contribution in [0, 0.1) is 11.3 Å². The molecule has 4 heteroatoms. The summed E-state index contributed by atoms with van der Waals surface area (Å²) in [7, 11) is 0. The Hall–Kier alpha value is -1.50. The molecular weight excluding hydrogens is 146 g/mol. The zero-order valence-electron chi connectivity index (χ0n) is 6.38. The number of carbonyl (C=O) groups is 1. The molecule has 0 unspecified atom stereocenters. The van der Waals surface area contributed by atoms with Crippen LogP contribution in [0.25, 0.3) is 0 Å². The minimum absolute atomic E-state index is 0.0926. The van der Waals surface area contributed by atoms with Crippen molar-refractivity contribution in [3.63, 3.8) is 0 Å². The fourth-order valence-corrected chi connectivity index (χ4v) is 0.557. The molecule has 0 radical (unpaired) electrons. The Kier molecular flexibility index (Phi) is 3.75. The van der Waals surface area contributed by atoms with Gasteiger partial charge in [-0.25, -0.2) is 0 Å². The highest BCUT2D eigenvalue weighted by Crippen LogP contribution is 2.02. The molecule has 0 saturated heterocycles. The largest absolute Gasteiger partial charge is 0.544 e. The molecule has 0 aromatic carbocycles. The predicted octanol–water partition coefficient (Wildman–Crippen LogP) is -0.430. The van der Waals surface area contributed by atoms with E-state index in [-0.39, 0.29) is 5.76 Å². The van der Waals surface area contributed by atoms with Crippen LogP contribution in [0.4, 0.5) is 0 Å². The zero-order chi connectivity index (χ0) is 8.85. The van der Waals surface area contributed by atoms with E-state index < -0.39 is 11.5 Å². The van der Waals surface area contributed by atoms with Gasteiger partial charge in [0.15, 0.2) is 0 Å². The number of nitrogens with zero attached hydrogens (tertiary/aromatic N) is 1. The van der Waals surface area contributed by atoms with E-state index in [4.69, 9.17) is 10.00 Å². The van der Waals surface area contributed by atoms with Crippen molar-refractivity contribution >= 4 is 5.97 Å². The third-order valence-corrected chi connectivity index (χ3v) is 1.03. The van der Waals surface area contributed by atoms with Gasteiger partial charge in [-0.1, -0.05) is 0 Å². The van der Waals surface area contributed by atoms with Crippen LogP contribution in [0.15, 0.2) is 11.3 Å². The minimum Gasteiger partial charge on any atom is -0.544 e. The molecule has 0 saturated carbocycles. The predicted molar refractivity (Wildman–Crippen MR) is 34.9 cm³/mol. The van der Waals surface area contributed by atoms with E-state index in [1.807, 2.05) is 0 Å². The molecule has 0 spiro atoms. The number of hydrogen-bond donors (Lipinski definition) is 0. The van der Waals surface area contributed by atoms with E-state index in [9.17, 15) is 9.90 Å². The summed E-state index contributed by atoms with van der Waals surface area (Å²) in [5, 5.41) is 18.5. The van der Waals surface area contributed by atoms with Crippen LogP contribution in [0.3, 0.4) is 0 Å². The van der Waals surface area contributed by atoms with Gasteiger partial charge in [0.2, 0.25) is 0 Å². The molecule has 0 aromatic heterocycles. The first-order valence-electron chi connectivity index (χ1n) is 3.08. The summed E-state index contributed by atoms with van der Waals surface area (Å²) in [5.74, 6) is -1.41. The zero-order valence-corrected chi connectivity index (χ0v) is 6.38. The SMILES string of the molecule is CCO/C(C)=C(\C#N)C(=O)[O-].